The van der Waals surface area contributed by atoms with E-state index in [2.05, 4.69) is 5.32 Å². The van der Waals surface area contributed by atoms with Crippen LogP contribution in [-0.4, -0.2) is 13.2 Å². The van der Waals surface area contributed by atoms with Crippen LogP contribution in [0.15, 0.2) is 18.2 Å². The van der Waals surface area contributed by atoms with Gasteiger partial charge in [-0.05, 0) is 31.5 Å². The van der Waals surface area contributed by atoms with E-state index in [0.717, 1.165) is 18.9 Å². The Hall–Kier alpha value is -1.39. The molecule has 0 aromatic heterocycles. The maximum Gasteiger partial charge on any atom is 0.418 e. The van der Waals surface area contributed by atoms with Crippen LogP contribution in [0, 0.1) is 0 Å². The summed E-state index contributed by atoms with van der Waals surface area (Å²) >= 11 is 0. The van der Waals surface area contributed by atoms with Crippen LogP contribution < -0.4 is 10.1 Å². The van der Waals surface area contributed by atoms with Gasteiger partial charge in [0, 0.05) is 11.7 Å². The molecule has 0 spiro atoms. The van der Waals surface area contributed by atoms with E-state index in [9.17, 15) is 13.2 Å². The number of anilines is 1. The van der Waals surface area contributed by atoms with Gasteiger partial charge in [0.1, 0.15) is 5.75 Å². The third kappa shape index (κ3) is 3.82. The molecule has 18 heavy (non-hydrogen) atoms. The predicted octanol–water partition coefficient (Wildman–Crippen LogP) is 4.31. The van der Waals surface area contributed by atoms with Crippen LogP contribution in [0.3, 0.4) is 0 Å². The highest BCUT2D eigenvalue weighted by Crippen LogP contribution is 2.37. The number of hydrogen-bond acceptors (Lipinski definition) is 2. The van der Waals surface area contributed by atoms with Crippen molar-refractivity contribution in [2.45, 2.75) is 38.9 Å². The standard InChI is InChI=1S/C13H18F3NO/c1-4-5-9(2)17-12-7-6-10(18-3)8-11(12)13(14,15)16/h6-9,17H,4-5H2,1-3H3. The van der Waals surface area contributed by atoms with E-state index in [0.29, 0.717) is 0 Å². The number of methoxy groups -OCH3 is 1. The second-order valence-electron chi connectivity index (χ2n) is 4.24. The minimum absolute atomic E-state index is 0.00416. The van der Waals surface area contributed by atoms with Crippen molar-refractivity contribution in [2.24, 2.45) is 0 Å². The van der Waals surface area contributed by atoms with Crippen molar-refractivity contribution in [1.29, 1.82) is 0 Å². The lowest BCUT2D eigenvalue weighted by Gasteiger charge is -2.19. The molecule has 0 saturated carbocycles. The van der Waals surface area contributed by atoms with Gasteiger partial charge in [0.15, 0.2) is 0 Å². The number of alkyl halides is 3. The Balaban J connectivity index is 3.03. The van der Waals surface area contributed by atoms with Crippen molar-refractivity contribution in [2.75, 3.05) is 12.4 Å². The van der Waals surface area contributed by atoms with Gasteiger partial charge < -0.3 is 10.1 Å². The van der Waals surface area contributed by atoms with Crippen molar-refractivity contribution >= 4 is 5.69 Å². The third-order valence-electron chi connectivity index (χ3n) is 2.66. The van der Waals surface area contributed by atoms with Crippen LogP contribution >= 0.6 is 0 Å². The zero-order chi connectivity index (χ0) is 13.8. The number of ether oxygens (including phenoxy) is 1. The first-order chi connectivity index (χ1) is 8.38. The van der Waals surface area contributed by atoms with E-state index in [1.807, 2.05) is 13.8 Å². The molecule has 0 radical (unpaired) electrons. The molecule has 0 amide bonds. The van der Waals surface area contributed by atoms with Crippen molar-refractivity contribution in [1.82, 2.24) is 0 Å². The number of hydrogen-bond donors (Lipinski definition) is 1. The van der Waals surface area contributed by atoms with Gasteiger partial charge in [0.05, 0.1) is 12.7 Å². The highest BCUT2D eigenvalue weighted by molar-refractivity contribution is 5.56. The molecule has 1 aromatic rings. The summed E-state index contributed by atoms with van der Waals surface area (Å²) in [4.78, 5) is 0. The van der Waals surface area contributed by atoms with E-state index >= 15 is 0 Å². The molecule has 1 aromatic carbocycles. The second kappa shape index (κ2) is 5.98. The van der Waals surface area contributed by atoms with Crippen molar-refractivity contribution in [3.8, 4) is 5.75 Å². The highest BCUT2D eigenvalue weighted by Gasteiger charge is 2.34. The minimum atomic E-state index is -4.39. The molecule has 0 aliphatic rings. The van der Waals surface area contributed by atoms with Crippen LogP contribution in [0.4, 0.5) is 18.9 Å². The van der Waals surface area contributed by atoms with Crippen molar-refractivity contribution in [3.63, 3.8) is 0 Å². The van der Waals surface area contributed by atoms with E-state index in [1.54, 1.807) is 0 Å². The Morgan fingerprint density at radius 3 is 2.50 bits per heavy atom. The Morgan fingerprint density at radius 2 is 2.00 bits per heavy atom. The van der Waals surface area contributed by atoms with Gasteiger partial charge in [0.2, 0.25) is 0 Å². The Morgan fingerprint density at radius 1 is 1.33 bits per heavy atom. The highest BCUT2D eigenvalue weighted by atomic mass is 19.4. The SMILES string of the molecule is CCCC(C)Nc1ccc(OC)cc1C(F)(F)F. The first-order valence-corrected chi connectivity index (χ1v) is 5.90. The monoisotopic (exact) mass is 261 g/mol. The Kier molecular flexibility index (Phi) is 4.87. The van der Waals surface area contributed by atoms with Gasteiger partial charge in [-0.2, -0.15) is 13.2 Å². The Labute approximate surface area is 105 Å². The summed E-state index contributed by atoms with van der Waals surface area (Å²) in [6.45, 7) is 3.87. The Bertz CT molecular complexity index is 390. The minimum Gasteiger partial charge on any atom is -0.497 e. The van der Waals surface area contributed by atoms with Gasteiger partial charge in [-0.25, -0.2) is 0 Å². The molecule has 2 nitrogen and oxygen atoms in total. The zero-order valence-corrected chi connectivity index (χ0v) is 10.8. The average molecular weight is 261 g/mol. The van der Waals surface area contributed by atoms with Gasteiger partial charge in [-0.3, -0.25) is 0 Å². The van der Waals surface area contributed by atoms with Crippen LogP contribution in [0.1, 0.15) is 32.3 Å². The third-order valence-corrected chi connectivity index (χ3v) is 2.66. The molecule has 0 fully saturated rings. The summed E-state index contributed by atoms with van der Waals surface area (Å²) in [6.07, 6.45) is -2.64. The lowest BCUT2D eigenvalue weighted by Crippen LogP contribution is -2.18. The summed E-state index contributed by atoms with van der Waals surface area (Å²) in [5.41, 5.74) is -0.589. The van der Waals surface area contributed by atoms with Crippen LogP contribution in [-0.2, 0) is 6.18 Å². The van der Waals surface area contributed by atoms with Gasteiger partial charge >= 0.3 is 6.18 Å². The lowest BCUT2D eigenvalue weighted by molar-refractivity contribution is -0.137. The predicted molar refractivity (Wildman–Crippen MR) is 66.0 cm³/mol. The quantitative estimate of drug-likeness (QED) is 0.852. The maximum atomic E-state index is 12.9. The van der Waals surface area contributed by atoms with Crippen LogP contribution in [0.5, 0.6) is 5.75 Å². The smallest absolute Gasteiger partial charge is 0.418 e. The first-order valence-electron chi connectivity index (χ1n) is 5.90. The summed E-state index contributed by atoms with van der Waals surface area (Å²) in [5, 5.41) is 2.89. The molecule has 102 valence electrons. The fourth-order valence-corrected chi connectivity index (χ4v) is 1.78. The molecular formula is C13H18F3NO. The molecule has 0 aliphatic heterocycles. The van der Waals surface area contributed by atoms with Crippen molar-refractivity contribution < 1.29 is 17.9 Å². The maximum absolute atomic E-state index is 12.9. The summed E-state index contributed by atoms with van der Waals surface area (Å²) < 4.78 is 43.5. The number of nitrogens with one attached hydrogen (secondary N) is 1. The molecule has 1 rings (SSSR count). The van der Waals surface area contributed by atoms with E-state index < -0.39 is 11.7 Å². The molecule has 0 saturated heterocycles. The molecule has 0 heterocycles. The largest absolute Gasteiger partial charge is 0.497 e. The first kappa shape index (κ1) is 14.7. The van der Waals surface area contributed by atoms with Crippen LogP contribution in [0.2, 0.25) is 0 Å². The second-order valence-corrected chi connectivity index (χ2v) is 4.24. The number of halogens is 3. The molecule has 0 bridgehead atoms. The summed E-state index contributed by atoms with van der Waals surface area (Å²) in [5.74, 6) is 0.205. The van der Waals surface area contributed by atoms with Crippen molar-refractivity contribution in [3.05, 3.63) is 23.8 Å². The van der Waals surface area contributed by atoms with E-state index in [-0.39, 0.29) is 17.5 Å². The summed E-state index contributed by atoms with van der Waals surface area (Å²) in [6, 6.07) is 3.95. The molecule has 1 atom stereocenters. The van der Waals surface area contributed by atoms with Gasteiger partial charge in [-0.15, -0.1) is 0 Å². The zero-order valence-electron chi connectivity index (χ0n) is 10.8. The molecular weight excluding hydrogens is 243 g/mol. The fourth-order valence-electron chi connectivity index (χ4n) is 1.78. The number of rotatable bonds is 5. The normalized spacial score (nSPS) is 13.2. The van der Waals surface area contributed by atoms with Gasteiger partial charge in [0.25, 0.3) is 0 Å². The summed E-state index contributed by atoms with van der Waals surface area (Å²) in [7, 11) is 1.35. The van der Waals surface area contributed by atoms with E-state index in [1.165, 1.54) is 19.2 Å². The fraction of sp³-hybridized carbons (Fsp3) is 0.538. The number of benzene rings is 1. The molecule has 0 aliphatic carbocycles. The van der Waals surface area contributed by atoms with Crippen LogP contribution in [0.25, 0.3) is 0 Å². The molecule has 1 unspecified atom stereocenters. The topological polar surface area (TPSA) is 21.3 Å². The van der Waals surface area contributed by atoms with E-state index in [4.69, 9.17) is 4.74 Å². The molecule has 1 N–H and O–H groups in total. The average Bonchev–Trinajstić information content (AvgIpc) is 2.28. The molecule has 5 heteroatoms. The lowest BCUT2D eigenvalue weighted by atomic mass is 10.1. The van der Waals surface area contributed by atoms with Gasteiger partial charge in [-0.1, -0.05) is 13.3 Å².